The first-order chi connectivity index (χ1) is 5.61. The van der Waals surface area contributed by atoms with Gasteiger partial charge in [0.05, 0.1) is 0 Å². The Balaban J connectivity index is 2.89. The Hall–Kier alpha value is -0.820. The molecule has 12 heavy (non-hydrogen) atoms. The van der Waals surface area contributed by atoms with Gasteiger partial charge in [-0.25, -0.2) is 0 Å². The van der Waals surface area contributed by atoms with Gasteiger partial charge >= 0.3 is 0 Å². The number of carbonyl (C=O) groups is 1. The van der Waals surface area contributed by atoms with Crippen LogP contribution >= 0.6 is 11.6 Å². The average molecular weight is 183 g/mol. The number of benzene rings is 1. The normalized spacial score (nSPS) is 12.6. The second-order valence-electron chi connectivity index (χ2n) is 2.88. The predicted octanol–water partition coefficient (Wildman–Crippen LogP) is 3.03. The summed E-state index contributed by atoms with van der Waals surface area (Å²) in [5.41, 5.74) is 1.02. The van der Waals surface area contributed by atoms with Gasteiger partial charge in [0.25, 0.3) is 0 Å². The van der Waals surface area contributed by atoms with Crippen molar-refractivity contribution in [1.82, 2.24) is 0 Å². The van der Waals surface area contributed by atoms with Crippen LogP contribution in [0.5, 0.6) is 0 Å². The van der Waals surface area contributed by atoms with Crippen LogP contribution in [-0.4, -0.2) is 5.78 Å². The fourth-order valence-electron chi connectivity index (χ4n) is 0.986. The first-order valence-corrected chi connectivity index (χ1v) is 4.25. The van der Waals surface area contributed by atoms with E-state index in [-0.39, 0.29) is 11.7 Å². The molecule has 0 heterocycles. The van der Waals surface area contributed by atoms with Crippen LogP contribution < -0.4 is 0 Å². The first kappa shape index (κ1) is 9.27. The van der Waals surface area contributed by atoms with Gasteiger partial charge in [0, 0.05) is 10.9 Å². The van der Waals surface area contributed by atoms with Gasteiger partial charge in [0.1, 0.15) is 5.78 Å². The van der Waals surface area contributed by atoms with Crippen LogP contribution in [0.1, 0.15) is 25.3 Å². The van der Waals surface area contributed by atoms with Crippen molar-refractivity contribution in [1.29, 1.82) is 0 Å². The van der Waals surface area contributed by atoms with E-state index in [4.69, 9.17) is 11.6 Å². The molecule has 0 unspecified atom stereocenters. The standard InChI is InChI=1S/C10H11ClO/c1-7(8(2)12)9-3-5-10(11)6-4-9/h3-7H,1-2H3/t7-/m0/s1. The number of hydrogen-bond donors (Lipinski definition) is 0. The summed E-state index contributed by atoms with van der Waals surface area (Å²) >= 11 is 5.71. The second-order valence-corrected chi connectivity index (χ2v) is 3.32. The summed E-state index contributed by atoms with van der Waals surface area (Å²) in [6.45, 7) is 3.49. The minimum absolute atomic E-state index is 0.0257. The Morgan fingerprint density at radius 2 is 1.83 bits per heavy atom. The number of rotatable bonds is 2. The highest BCUT2D eigenvalue weighted by atomic mass is 35.5. The molecule has 1 nitrogen and oxygen atoms in total. The molecule has 1 atom stereocenters. The van der Waals surface area contributed by atoms with E-state index < -0.39 is 0 Å². The largest absolute Gasteiger partial charge is 0.299 e. The van der Waals surface area contributed by atoms with Crippen LogP contribution in [0.4, 0.5) is 0 Å². The van der Waals surface area contributed by atoms with Crippen molar-refractivity contribution in [2.24, 2.45) is 0 Å². The van der Waals surface area contributed by atoms with Crippen LogP contribution in [0, 0.1) is 0 Å². The monoisotopic (exact) mass is 182 g/mol. The second kappa shape index (κ2) is 3.72. The summed E-state index contributed by atoms with van der Waals surface area (Å²) in [5.74, 6) is 0.152. The van der Waals surface area contributed by atoms with Gasteiger partial charge < -0.3 is 0 Å². The molecule has 0 saturated carbocycles. The third-order valence-electron chi connectivity index (χ3n) is 1.98. The molecule has 0 aliphatic heterocycles. The molecule has 0 saturated heterocycles. The average Bonchev–Trinajstić information content (AvgIpc) is 2.04. The molecular weight excluding hydrogens is 172 g/mol. The summed E-state index contributed by atoms with van der Waals surface area (Å²) in [4.78, 5) is 11.0. The van der Waals surface area contributed by atoms with Gasteiger partial charge in [0.15, 0.2) is 0 Å². The zero-order chi connectivity index (χ0) is 9.14. The van der Waals surface area contributed by atoms with E-state index in [0.29, 0.717) is 5.02 Å². The fraction of sp³-hybridized carbons (Fsp3) is 0.300. The molecule has 64 valence electrons. The van der Waals surface area contributed by atoms with E-state index in [1.54, 1.807) is 19.1 Å². The lowest BCUT2D eigenvalue weighted by Gasteiger charge is -2.06. The van der Waals surface area contributed by atoms with Gasteiger partial charge in [0.2, 0.25) is 0 Å². The van der Waals surface area contributed by atoms with E-state index >= 15 is 0 Å². The van der Waals surface area contributed by atoms with Crippen molar-refractivity contribution in [3.63, 3.8) is 0 Å². The molecule has 0 radical (unpaired) electrons. The van der Waals surface area contributed by atoms with Crippen LogP contribution in [0.25, 0.3) is 0 Å². The van der Waals surface area contributed by atoms with E-state index in [1.807, 2.05) is 19.1 Å². The Labute approximate surface area is 77.4 Å². The van der Waals surface area contributed by atoms with Crippen molar-refractivity contribution in [3.8, 4) is 0 Å². The smallest absolute Gasteiger partial charge is 0.136 e. The minimum atomic E-state index is -0.0257. The molecule has 1 rings (SSSR count). The number of carbonyl (C=O) groups excluding carboxylic acids is 1. The third kappa shape index (κ3) is 2.08. The van der Waals surface area contributed by atoms with Gasteiger partial charge in [-0.05, 0) is 24.6 Å². The molecule has 0 spiro atoms. The van der Waals surface area contributed by atoms with E-state index in [9.17, 15) is 4.79 Å². The molecule has 1 aromatic carbocycles. The predicted molar refractivity (Wildman–Crippen MR) is 50.5 cm³/mol. The van der Waals surface area contributed by atoms with Crippen LogP contribution in [0.3, 0.4) is 0 Å². The van der Waals surface area contributed by atoms with Gasteiger partial charge in [-0.1, -0.05) is 30.7 Å². The highest BCUT2D eigenvalue weighted by molar-refractivity contribution is 6.30. The maximum atomic E-state index is 11.0. The summed E-state index contributed by atoms with van der Waals surface area (Å²) in [6, 6.07) is 7.37. The first-order valence-electron chi connectivity index (χ1n) is 3.87. The number of ketones is 1. The lowest BCUT2D eigenvalue weighted by molar-refractivity contribution is -0.118. The molecule has 0 N–H and O–H groups in total. The Bertz CT molecular complexity index is 276. The molecule has 0 bridgehead atoms. The van der Waals surface area contributed by atoms with Gasteiger partial charge in [-0.3, -0.25) is 4.79 Å². The summed E-state index contributed by atoms with van der Waals surface area (Å²) < 4.78 is 0. The van der Waals surface area contributed by atoms with Gasteiger partial charge in [-0.2, -0.15) is 0 Å². The van der Waals surface area contributed by atoms with E-state index in [1.165, 1.54) is 0 Å². The zero-order valence-electron chi connectivity index (χ0n) is 7.17. The third-order valence-corrected chi connectivity index (χ3v) is 2.23. The zero-order valence-corrected chi connectivity index (χ0v) is 7.93. The number of Topliss-reactive ketones (excluding diaryl/α,β-unsaturated/α-hetero) is 1. The molecule has 0 aromatic heterocycles. The molecule has 0 aliphatic carbocycles. The summed E-state index contributed by atoms with van der Waals surface area (Å²) in [5, 5.41) is 0.703. The summed E-state index contributed by atoms with van der Waals surface area (Å²) in [6.07, 6.45) is 0. The highest BCUT2D eigenvalue weighted by Crippen LogP contribution is 2.18. The molecule has 0 amide bonds. The Kier molecular flexibility index (Phi) is 2.88. The highest BCUT2D eigenvalue weighted by Gasteiger charge is 2.09. The van der Waals surface area contributed by atoms with Crippen molar-refractivity contribution in [2.75, 3.05) is 0 Å². The molecule has 0 aliphatic rings. The van der Waals surface area contributed by atoms with Crippen LogP contribution in [0.15, 0.2) is 24.3 Å². The lowest BCUT2D eigenvalue weighted by Crippen LogP contribution is -2.03. The molecule has 2 heteroatoms. The van der Waals surface area contributed by atoms with E-state index in [2.05, 4.69) is 0 Å². The summed E-state index contributed by atoms with van der Waals surface area (Å²) in [7, 11) is 0. The minimum Gasteiger partial charge on any atom is -0.299 e. The van der Waals surface area contributed by atoms with Crippen molar-refractivity contribution in [3.05, 3.63) is 34.9 Å². The lowest BCUT2D eigenvalue weighted by atomic mass is 9.98. The van der Waals surface area contributed by atoms with Gasteiger partial charge in [-0.15, -0.1) is 0 Å². The quantitative estimate of drug-likeness (QED) is 0.687. The molecule has 1 aromatic rings. The SMILES string of the molecule is CC(=O)[C@H](C)c1ccc(Cl)cc1. The molecule has 0 fully saturated rings. The van der Waals surface area contributed by atoms with Crippen molar-refractivity contribution < 1.29 is 4.79 Å². The van der Waals surface area contributed by atoms with E-state index in [0.717, 1.165) is 5.56 Å². The molecular formula is C10H11ClO. The Morgan fingerprint density at radius 1 is 1.33 bits per heavy atom. The number of halogens is 1. The maximum absolute atomic E-state index is 11.0. The van der Waals surface area contributed by atoms with Crippen molar-refractivity contribution >= 4 is 17.4 Å². The maximum Gasteiger partial charge on any atom is 0.136 e. The topological polar surface area (TPSA) is 17.1 Å². The Morgan fingerprint density at radius 3 is 2.25 bits per heavy atom. The van der Waals surface area contributed by atoms with Crippen LogP contribution in [-0.2, 0) is 4.79 Å². The van der Waals surface area contributed by atoms with Crippen LogP contribution in [0.2, 0.25) is 5.02 Å². The number of hydrogen-bond acceptors (Lipinski definition) is 1. The fourth-order valence-corrected chi connectivity index (χ4v) is 1.11. The van der Waals surface area contributed by atoms with Crippen molar-refractivity contribution in [2.45, 2.75) is 19.8 Å².